The van der Waals surface area contributed by atoms with E-state index in [0.717, 1.165) is 5.56 Å². The van der Waals surface area contributed by atoms with Gasteiger partial charge in [0, 0.05) is 4.90 Å². The summed E-state index contributed by atoms with van der Waals surface area (Å²) in [6, 6.07) is 15.8. The molecule has 134 valence electrons. The quantitative estimate of drug-likeness (QED) is 0.707. The van der Waals surface area contributed by atoms with Crippen LogP contribution in [0.25, 0.3) is 0 Å². The van der Waals surface area contributed by atoms with Gasteiger partial charge in [0.15, 0.2) is 0 Å². The molecule has 1 N–H and O–H groups in total. The summed E-state index contributed by atoms with van der Waals surface area (Å²) in [7, 11) is 0. The molecule has 0 radical (unpaired) electrons. The first kappa shape index (κ1) is 19.3. The number of ether oxygens (including phenoxy) is 1. The SMILES string of the molecule is CC(OCc1ccccc1)C(=O)Nc1ccccc1SCC(F)(F)F. The Balaban J connectivity index is 1.93. The molecule has 0 aliphatic heterocycles. The highest BCUT2D eigenvalue weighted by molar-refractivity contribution is 7.99. The van der Waals surface area contributed by atoms with E-state index < -0.39 is 23.9 Å². The first-order chi connectivity index (χ1) is 11.8. The zero-order valence-electron chi connectivity index (χ0n) is 13.5. The summed E-state index contributed by atoms with van der Waals surface area (Å²) in [5.74, 6) is -1.42. The van der Waals surface area contributed by atoms with E-state index in [-0.39, 0.29) is 6.61 Å². The number of carbonyl (C=O) groups excluding carboxylic acids is 1. The van der Waals surface area contributed by atoms with Crippen molar-refractivity contribution < 1.29 is 22.7 Å². The smallest absolute Gasteiger partial charge is 0.364 e. The lowest BCUT2D eigenvalue weighted by molar-refractivity contribution is -0.127. The van der Waals surface area contributed by atoms with Crippen molar-refractivity contribution in [2.75, 3.05) is 11.1 Å². The molecule has 0 saturated carbocycles. The van der Waals surface area contributed by atoms with Crippen LogP contribution in [0.4, 0.5) is 18.9 Å². The van der Waals surface area contributed by atoms with Gasteiger partial charge in [-0.2, -0.15) is 13.2 Å². The zero-order valence-corrected chi connectivity index (χ0v) is 14.4. The predicted molar refractivity (Wildman–Crippen MR) is 92.5 cm³/mol. The van der Waals surface area contributed by atoms with Crippen molar-refractivity contribution in [1.82, 2.24) is 0 Å². The number of thioether (sulfide) groups is 1. The summed E-state index contributed by atoms with van der Waals surface area (Å²) >= 11 is 0.637. The topological polar surface area (TPSA) is 38.3 Å². The number of hydrogen-bond acceptors (Lipinski definition) is 3. The normalized spacial score (nSPS) is 12.6. The minimum atomic E-state index is -4.27. The first-order valence-corrected chi connectivity index (χ1v) is 8.59. The molecule has 2 rings (SSSR count). The number of halogens is 3. The summed E-state index contributed by atoms with van der Waals surface area (Å²) in [6.45, 7) is 1.88. The number of anilines is 1. The molecule has 25 heavy (non-hydrogen) atoms. The standard InChI is InChI=1S/C18H18F3NO2S/c1-13(24-11-14-7-3-2-4-8-14)17(23)22-15-9-5-6-10-16(15)25-12-18(19,20)21/h2-10,13H,11-12H2,1H3,(H,22,23). The lowest BCUT2D eigenvalue weighted by Gasteiger charge is -2.16. The highest BCUT2D eigenvalue weighted by Crippen LogP contribution is 2.32. The largest absolute Gasteiger partial charge is 0.398 e. The van der Waals surface area contributed by atoms with Crippen LogP contribution in [0.1, 0.15) is 12.5 Å². The van der Waals surface area contributed by atoms with Crippen LogP contribution in [0.2, 0.25) is 0 Å². The molecular formula is C18H18F3NO2S. The van der Waals surface area contributed by atoms with Crippen molar-refractivity contribution in [2.45, 2.75) is 30.7 Å². The summed E-state index contributed by atoms with van der Waals surface area (Å²) in [5, 5.41) is 2.63. The number of hydrogen-bond donors (Lipinski definition) is 1. The molecule has 0 spiro atoms. The predicted octanol–water partition coefficient (Wildman–Crippen LogP) is 4.88. The van der Waals surface area contributed by atoms with Gasteiger partial charge in [-0.15, -0.1) is 11.8 Å². The Kier molecular flexibility index (Phi) is 6.90. The molecule has 3 nitrogen and oxygen atoms in total. The molecule has 2 aromatic carbocycles. The Morgan fingerprint density at radius 2 is 1.76 bits per heavy atom. The number of carbonyl (C=O) groups is 1. The van der Waals surface area contributed by atoms with Gasteiger partial charge in [-0.25, -0.2) is 0 Å². The molecule has 0 aliphatic rings. The van der Waals surface area contributed by atoms with Crippen LogP contribution >= 0.6 is 11.8 Å². The average molecular weight is 369 g/mol. The highest BCUT2D eigenvalue weighted by atomic mass is 32.2. The van der Waals surface area contributed by atoms with Gasteiger partial charge in [0.25, 0.3) is 5.91 Å². The molecule has 1 unspecified atom stereocenters. The fourth-order valence-electron chi connectivity index (χ4n) is 1.96. The highest BCUT2D eigenvalue weighted by Gasteiger charge is 2.28. The second kappa shape index (κ2) is 8.92. The van der Waals surface area contributed by atoms with Crippen LogP contribution in [0, 0.1) is 0 Å². The molecular weight excluding hydrogens is 351 g/mol. The van der Waals surface area contributed by atoms with Crippen molar-refractivity contribution in [2.24, 2.45) is 0 Å². The lowest BCUT2D eigenvalue weighted by Crippen LogP contribution is -2.27. The van der Waals surface area contributed by atoms with Gasteiger partial charge < -0.3 is 10.1 Å². The number of para-hydroxylation sites is 1. The second-order valence-corrected chi connectivity index (χ2v) is 6.35. The second-order valence-electron chi connectivity index (χ2n) is 5.33. The Labute approximate surface area is 148 Å². The van der Waals surface area contributed by atoms with Gasteiger partial charge in [0.05, 0.1) is 18.0 Å². The van der Waals surface area contributed by atoms with Gasteiger partial charge in [0.2, 0.25) is 0 Å². The minimum absolute atomic E-state index is 0.278. The van der Waals surface area contributed by atoms with Gasteiger partial charge in [-0.1, -0.05) is 42.5 Å². The maximum Gasteiger partial charge on any atom is 0.398 e. The van der Waals surface area contributed by atoms with Gasteiger partial charge in [-0.3, -0.25) is 4.79 Å². The van der Waals surface area contributed by atoms with E-state index in [1.807, 2.05) is 30.3 Å². The van der Waals surface area contributed by atoms with Crippen molar-refractivity contribution in [3.8, 4) is 0 Å². The summed E-state index contributed by atoms with van der Waals surface area (Å²) in [4.78, 5) is 12.6. The third kappa shape index (κ3) is 6.80. The molecule has 1 atom stereocenters. The molecule has 0 heterocycles. The number of rotatable bonds is 7. The van der Waals surface area contributed by atoms with E-state index in [0.29, 0.717) is 22.3 Å². The van der Waals surface area contributed by atoms with Crippen molar-refractivity contribution in [1.29, 1.82) is 0 Å². The lowest BCUT2D eigenvalue weighted by atomic mass is 10.2. The average Bonchev–Trinajstić information content (AvgIpc) is 2.59. The van der Waals surface area contributed by atoms with Crippen LogP contribution in [0.15, 0.2) is 59.5 Å². The Morgan fingerprint density at radius 3 is 2.44 bits per heavy atom. The molecule has 0 bridgehead atoms. The monoisotopic (exact) mass is 369 g/mol. The number of amides is 1. The molecule has 0 saturated heterocycles. The summed E-state index contributed by atoms with van der Waals surface area (Å²) in [5.41, 5.74) is 1.28. The number of benzene rings is 2. The Morgan fingerprint density at radius 1 is 1.12 bits per heavy atom. The van der Waals surface area contributed by atoms with Crippen LogP contribution in [0.5, 0.6) is 0 Å². The van der Waals surface area contributed by atoms with Crippen LogP contribution in [-0.2, 0) is 16.1 Å². The van der Waals surface area contributed by atoms with E-state index in [4.69, 9.17) is 4.74 Å². The molecule has 1 amide bonds. The fraction of sp³-hybridized carbons (Fsp3) is 0.278. The molecule has 0 fully saturated rings. The molecule has 7 heteroatoms. The Bertz CT molecular complexity index is 692. The van der Waals surface area contributed by atoms with Crippen LogP contribution in [-0.4, -0.2) is 23.9 Å². The third-order valence-electron chi connectivity index (χ3n) is 3.25. The van der Waals surface area contributed by atoms with Crippen LogP contribution < -0.4 is 5.32 Å². The van der Waals surface area contributed by atoms with Crippen molar-refractivity contribution >= 4 is 23.4 Å². The number of nitrogens with one attached hydrogen (secondary N) is 1. The Hall–Kier alpha value is -1.99. The third-order valence-corrected chi connectivity index (χ3v) is 4.39. The molecule has 0 aliphatic carbocycles. The van der Waals surface area contributed by atoms with Crippen LogP contribution in [0.3, 0.4) is 0 Å². The maximum absolute atomic E-state index is 12.4. The zero-order chi connectivity index (χ0) is 18.3. The van der Waals surface area contributed by atoms with E-state index in [2.05, 4.69) is 5.32 Å². The van der Waals surface area contributed by atoms with Crippen molar-refractivity contribution in [3.63, 3.8) is 0 Å². The summed E-state index contributed by atoms with van der Waals surface area (Å²) < 4.78 is 42.7. The maximum atomic E-state index is 12.4. The molecule has 2 aromatic rings. The number of alkyl halides is 3. The van der Waals surface area contributed by atoms with E-state index in [1.54, 1.807) is 31.2 Å². The minimum Gasteiger partial charge on any atom is -0.364 e. The van der Waals surface area contributed by atoms with Gasteiger partial charge in [0.1, 0.15) is 6.10 Å². The summed E-state index contributed by atoms with van der Waals surface area (Å²) in [6.07, 6.45) is -5.01. The van der Waals surface area contributed by atoms with Gasteiger partial charge >= 0.3 is 6.18 Å². The molecule has 0 aromatic heterocycles. The fourth-order valence-corrected chi connectivity index (χ4v) is 2.73. The van der Waals surface area contributed by atoms with E-state index in [9.17, 15) is 18.0 Å². The van der Waals surface area contributed by atoms with E-state index >= 15 is 0 Å². The van der Waals surface area contributed by atoms with Crippen molar-refractivity contribution in [3.05, 3.63) is 60.2 Å². The van der Waals surface area contributed by atoms with E-state index in [1.165, 1.54) is 0 Å². The van der Waals surface area contributed by atoms with Gasteiger partial charge in [-0.05, 0) is 24.6 Å². The first-order valence-electron chi connectivity index (χ1n) is 7.60.